The van der Waals surface area contributed by atoms with E-state index in [0.29, 0.717) is 0 Å². The third kappa shape index (κ3) is 2.96. The van der Waals surface area contributed by atoms with Crippen molar-refractivity contribution in [3.8, 4) is 17.0 Å². The molecule has 1 amide bonds. The smallest absolute Gasteiger partial charge is 0.322 e. The lowest BCUT2D eigenvalue weighted by atomic mass is 10.1. The highest BCUT2D eigenvalue weighted by molar-refractivity contribution is 6.04. The van der Waals surface area contributed by atoms with Gasteiger partial charge < -0.3 is 15.5 Å². The summed E-state index contributed by atoms with van der Waals surface area (Å²) in [6, 6.07) is 3.79. The molecular formula is C15H10F2N4O4. The number of fused-ring (bicyclic) bond motifs is 1. The number of halogens is 2. The molecule has 10 heteroatoms. The quantitative estimate of drug-likeness (QED) is 0.652. The Morgan fingerprint density at radius 1 is 1.24 bits per heavy atom. The summed E-state index contributed by atoms with van der Waals surface area (Å²) in [5.41, 5.74) is -0.694. The Morgan fingerprint density at radius 3 is 2.72 bits per heavy atom. The van der Waals surface area contributed by atoms with Crippen molar-refractivity contribution in [3.05, 3.63) is 47.8 Å². The van der Waals surface area contributed by atoms with Gasteiger partial charge in [0.05, 0.1) is 5.69 Å². The van der Waals surface area contributed by atoms with Gasteiger partial charge in [-0.05, 0) is 18.2 Å². The minimum Gasteiger partial charge on any atom is -0.507 e. The fourth-order valence-electron chi connectivity index (χ4n) is 2.31. The highest BCUT2D eigenvalue weighted by Crippen LogP contribution is 2.30. The lowest BCUT2D eigenvalue weighted by Crippen LogP contribution is -2.29. The minimum absolute atomic E-state index is 0.0308. The molecule has 3 N–H and O–H groups in total. The number of aliphatic carboxylic acids is 1. The van der Waals surface area contributed by atoms with Crippen LogP contribution in [-0.4, -0.2) is 43.2 Å². The Kier molecular flexibility index (Phi) is 4.01. The monoisotopic (exact) mass is 348 g/mol. The number of nitrogens with one attached hydrogen (secondary N) is 1. The molecule has 25 heavy (non-hydrogen) atoms. The topological polar surface area (TPSA) is 117 Å². The summed E-state index contributed by atoms with van der Waals surface area (Å²) in [5.74, 6) is -4.22. The molecule has 1 aromatic carbocycles. The number of hydrogen-bond acceptors (Lipinski definition) is 5. The number of amides is 1. The van der Waals surface area contributed by atoms with E-state index in [1.165, 1.54) is 0 Å². The van der Waals surface area contributed by atoms with E-state index in [4.69, 9.17) is 5.11 Å². The summed E-state index contributed by atoms with van der Waals surface area (Å²) < 4.78 is 28.5. The zero-order valence-corrected chi connectivity index (χ0v) is 12.4. The highest BCUT2D eigenvalue weighted by atomic mass is 19.1. The van der Waals surface area contributed by atoms with E-state index in [2.05, 4.69) is 15.4 Å². The molecule has 0 aliphatic heterocycles. The van der Waals surface area contributed by atoms with Crippen molar-refractivity contribution in [3.63, 3.8) is 0 Å². The summed E-state index contributed by atoms with van der Waals surface area (Å²) in [7, 11) is 0. The van der Waals surface area contributed by atoms with Crippen LogP contribution in [0.1, 0.15) is 10.4 Å². The predicted octanol–water partition coefficient (Wildman–Crippen LogP) is 1.19. The van der Waals surface area contributed by atoms with Gasteiger partial charge in [-0.25, -0.2) is 18.3 Å². The van der Waals surface area contributed by atoms with Gasteiger partial charge >= 0.3 is 5.97 Å². The van der Waals surface area contributed by atoms with Crippen molar-refractivity contribution in [2.75, 3.05) is 6.54 Å². The van der Waals surface area contributed by atoms with Gasteiger partial charge in [-0.15, -0.1) is 0 Å². The summed E-state index contributed by atoms with van der Waals surface area (Å²) in [5, 5.41) is 24.7. The van der Waals surface area contributed by atoms with Crippen LogP contribution in [0.15, 0.2) is 30.6 Å². The van der Waals surface area contributed by atoms with Crippen LogP contribution in [0.5, 0.6) is 5.75 Å². The molecule has 0 spiro atoms. The minimum atomic E-state index is -1.27. The van der Waals surface area contributed by atoms with Crippen LogP contribution in [0.2, 0.25) is 0 Å². The number of benzene rings is 1. The highest BCUT2D eigenvalue weighted by Gasteiger charge is 2.22. The third-order valence-electron chi connectivity index (χ3n) is 3.36. The zero-order valence-electron chi connectivity index (χ0n) is 12.4. The van der Waals surface area contributed by atoms with Crippen LogP contribution >= 0.6 is 0 Å². The average molecular weight is 348 g/mol. The first-order valence-electron chi connectivity index (χ1n) is 6.89. The fourth-order valence-corrected chi connectivity index (χ4v) is 2.31. The molecule has 0 aliphatic rings. The molecule has 0 bridgehead atoms. The Bertz CT molecular complexity index is 1000. The van der Waals surface area contributed by atoms with Crippen LogP contribution in [0.4, 0.5) is 8.78 Å². The van der Waals surface area contributed by atoms with Gasteiger partial charge in [0.1, 0.15) is 35.8 Å². The summed E-state index contributed by atoms with van der Waals surface area (Å²) in [4.78, 5) is 26.5. The molecule has 2 aromatic heterocycles. The van der Waals surface area contributed by atoms with Crippen LogP contribution < -0.4 is 5.32 Å². The molecule has 0 saturated heterocycles. The normalized spacial score (nSPS) is 10.8. The first kappa shape index (κ1) is 16.3. The molecule has 0 unspecified atom stereocenters. The lowest BCUT2D eigenvalue weighted by molar-refractivity contribution is -0.135. The lowest BCUT2D eigenvalue weighted by Gasteiger charge is -2.11. The number of carboxylic acid groups (broad SMARTS) is 1. The molecule has 0 radical (unpaired) electrons. The third-order valence-corrected chi connectivity index (χ3v) is 3.36. The van der Waals surface area contributed by atoms with Crippen molar-refractivity contribution < 1.29 is 28.6 Å². The van der Waals surface area contributed by atoms with E-state index >= 15 is 0 Å². The molecule has 2 heterocycles. The number of aromatic hydroxyl groups is 1. The Morgan fingerprint density at radius 2 is 2.00 bits per heavy atom. The molecule has 0 saturated carbocycles. The van der Waals surface area contributed by atoms with Gasteiger partial charge in [0.25, 0.3) is 5.91 Å². The number of carboxylic acids is 1. The number of pyridine rings is 1. The maximum absolute atomic E-state index is 14.0. The van der Waals surface area contributed by atoms with Crippen molar-refractivity contribution >= 4 is 17.5 Å². The van der Waals surface area contributed by atoms with E-state index in [1.807, 2.05) is 0 Å². The first-order chi connectivity index (χ1) is 11.9. The van der Waals surface area contributed by atoms with Gasteiger partial charge in [0.15, 0.2) is 5.65 Å². The SMILES string of the molecule is O=C(O)CNC(=O)c1c(O)cc(-c2cc(F)ccc2F)n2ncnc12. The number of aromatic nitrogens is 3. The Labute approximate surface area is 138 Å². The summed E-state index contributed by atoms with van der Waals surface area (Å²) >= 11 is 0. The summed E-state index contributed by atoms with van der Waals surface area (Å²) in [6.45, 7) is -0.668. The largest absolute Gasteiger partial charge is 0.507 e. The first-order valence-corrected chi connectivity index (χ1v) is 6.89. The maximum atomic E-state index is 14.0. The van der Waals surface area contributed by atoms with E-state index in [9.17, 15) is 23.5 Å². The van der Waals surface area contributed by atoms with E-state index < -0.39 is 35.8 Å². The van der Waals surface area contributed by atoms with Crippen molar-refractivity contribution in [1.29, 1.82) is 0 Å². The Hall–Kier alpha value is -3.56. The number of carbonyl (C=O) groups is 2. The molecule has 3 rings (SSSR count). The van der Waals surface area contributed by atoms with Crippen LogP contribution in [-0.2, 0) is 4.79 Å². The number of carbonyl (C=O) groups excluding carboxylic acids is 1. The standard InChI is InChI=1S/C15H10F2N4O4/c16-7-1-2-9(17)8(3-7)10-4-11(22)13(14-19-6-20-21(10)14)15(25)18-5-12(23)24/h1-4,6,22H,5H2,(H,18,25)(H,23,24). The predicted molar refractivity (Wildman–Crippen MR) is 80.0 cm³/mol. The van der Waals surface area contributed by atoms with E-state index in [-0.39, 0.29) is 22.5 Å². The van der Waals surface area contributed by atoms with E-state index in [1.54, 1.807) is 0 Å². The van der Waals surface area contributed by atoms with Crippen molar-refractivity contribution in [1.82, 2.24) is 19.9 Å². The second-order valence-corrected chi connectivity index (χ2v) is 4.99. The van der Waals surface area contributed by atoms with Crippen molar-refractivity contribution in [2.45, 2.75) is 0 Å². The molecule has 0 atom stereocenters. The van der Waals surface area contributed by atoms with Crippen LogP contribution in [0.3, 0.4) is 0 Å². The Balaban J connectivity index is 2.18. The van der Waals surface area contributed by atoms with Gasteiger partial charge in [-0.1, -0.05) is 0 Å². The average Bonchev–Trinajstić information content (AvgIpc) is 3.03. The molecule has 8 nitrogen and oxygen atoms in total. The van der Waals surface area contributed by atoms with Gasteiger partial charge in [0.2, 0.25) is 0 Å². The second-order valence-electron chi connectivity index (χ2n) is 4.99. The van der Waals surface area contributed by atoms with Crippen LogP contribution in [0.25, 0.3) is 16.9 Å². The summed E-state index contributed by atoms with van der Waals surface area (Å²) in [6.07, 6.45) is 1.06. The molecule has 128 valence electrons. The molecule has 0 aliphatic carbocycles. The number of hydrogen-bond donors (Lipinski definition) is 3. The molecule has 0 fully saturated rings. The van der Waals surface area contributed by atoms with Crippen LogP contribution in [0, 0.1) is 11.6 Å². The number of rotatable bonds is 4. The second kappa shape index (κ2) is 6.15. The van der Waals surface area contributed by atoms with Crippen molar-refractivity contribution in [2.24, 2.45) is 0 Å². The fraction of sp³-hybridized carbons (Fsp3) is 0.0667. The number of nitrogens with zero attached hydrogens (tertiary/aromatic N) is 3. The maximum Gasteiger partial charge on any atom is 0.322 e. The van der Waals surface area contributed by atoms with Gasteiger partial charge in [0, 0.05) is 11.6 Å². The van der Waals surface area contributed by atoms with E-state index in [0.717, 1.165) is 35.1 Å². The molecular weight excluding hydrogens is 338 g/mol. The van der Waals surface area contributed by atoms with Gasteiger partial charge in [-0.3, -0.25) is 9.59 Å². The van der Waals surface area contributed by atoms with Gasteiger partial charge in [-0.2, -0.15) is 5.10 Å². The zero-order chi connectivity index (χ0) is 18.1. The molecule has 3 aromatic rings.